The van der Waals surface area contributed by atoms with E-state index in [0.717, 1.165) is 19.0 Å². The molecular weight excluding hydrogens is 208 g/mol. The van der Waals surface area contributed by atoms with Crippen LogP contribution in [0.4, 0.5) is 0 Å². The van der Waals surface area contributed by atoms with Crippen LogP contribution in [0, 0.1) is 5.92 Å². The molecule has 1 aliphatic rings. The van der Waals surface area contributed by atoms with E-state index in [9.17, 15) is 0 Å². The Labute approximate surface area is 99.2 Å². The first-order valence-corrected chi connectivity index (χ1v) is 6.68. The first-order chi connectivity index (χ1) is 7.13. The third kappa shape index (κ3) is 4.71. The van der Waals surface area contributed by atoms with Crippen molar-refractivity contribution in [1.29, 1.82) is 0 Å². The van der Waals surface area contributed by atoms with E-state index in [0.29, 0.717) is 12.1 Å². The highest BCUT2D eigenvalue weighted by Gasteiger charge is 2.25. The van der Waals surface area contributed by atoms with E-state index in [-0.39, 0.29) is 5.38 Å². The van der Waals surface area contributed by atoms with Crippen LogP contribution in [0.3, 0.4) is 0 Å². The second-order valence-electron chi connectivity index (χ2n) is 4.94. The maximum Gasteiger partial charge on any atom is 0.0626 e. The summed E-state index contributed by atoms with van der Waals surface area (Å²) in [5, 5.41) is 7.18. The molecule has 1 aliphatic heterocycles. The lowest BCUT2D eigenvalue weighted by Crippen LogP contribution is -2.42. The molecule has 0 amide bonds. The van der Waals surface area contributed by atoms with Crippen molar-refractivity contribution in [3.63, 3.8) is 0 Å². The van der Waals surface area contributed by atoms with Crippen LogP contribution < -0.4 is 10.6 Å². The number of rotatable bonds is 6. The second-order valence-corrected chi connectivity index (χ2v) is 5.50. The van der Waals surface area contributed by atoms with Crippen LogP contribution in [0.2, 0.25) is 0 Å². The van der Waals surface area contributed by atoms with E-state index in [4.69, 9.17) is 11.6 Å². The maximum atomic E-state index is 6.19. The zero-order valence-electron chi connectivity index (χ0n) is 10.2. The lowest BCUT2D eigenvalue weighted by atomic mass is 9.99. The van der Waals surface area contributed by atoms with E-state index >= 15 is 0 Å². The molecule has 3 heteroatoms. The Balaban J connectivity index is 2.14. The van der Waals surface area contributed by atoms with Crippen molar-refractivity contribution in [1.82, 2.24) is 10.6 Å². The number of alkyl halides is 1. The third-order valence-corrected chi connectivity index (χ3v) is 3.89. The van der Waals surface area contributed by atoms with Crippen LogP contribution in [0.25, 0.3) is 0 Å². The number of hydrogen-bond acceptors (Lipinski definition) is 2. The van der Waals surface area contributed by atoms with Gasteiger partial charge in [-0.05, 0) is 25.7 Å². The Morgan fingerprint density at radius 2 is 2.07 bits per heavy atom. The lowest BCUT2D eigenvalue weighted by molar-refractivity contribution is 0.397. The molecule has 0 spiro atoms. The monoisotopic (exact) mass is 232 g/mol. The van der Waals surface area contributed by atoms with Crippen molar-refractivity contribution < 1.29 is 0 Å². The third-order valence-electron chi connectivity index (χ3n) is 3.43. The van der Waals surface area contributed by atoms with Crippen molar-refractivity contribution >= 4 is 11.6 Å². The van der Waals surface area contributed by atoms with Gasteiger partial charge in [-0.2, -0.15) is 0 Å². The van der Waals surface area contributed by atoms with Gasteiger partial charge >= 0.3 is 0 Å². The second kappa shape index (κ2) is 6.72. The molecule has 1 fully saturated rings. The van der Waals surface area contributed by atoms with Gasteiger partial charge in [-0.1, -0.05) is 20.3 Å². The van der Waals surface area contributed by atoms with Gasteiger partial charge in [-0.3, -0.25) is 0 Å². The molecule has 4 atom stereocenters. The zero-order chi connectivity index (χ0) is 11.3. The van der Waals surface area contributed by atoms with Crippen LogP contribution in [-0.2, 0) is 0 Å². The van der Waals surface area contributed by atoms with E-state index < -0.39 is 0 Å². The molecule has 15 heavy (non-hydrogen) atoms. The molecule has 0 saturated carbocycles. The fourth-order valence-electron chi connectivity index (χ4n) is 2.00. The summed E-state index contributed by atoms with van der Waals surface area (Å²) < 4.78 is 0. The first kappa shape index (κ1) is 13.3. The van der Waals surface area contributed by atoms with Crippen molar-refractivity contribution in [2.45, 2.75) is 57.5 Å². The summed E-state index contributed by atoms with van der Waals surface area (Å²) in [5.74, 6) is 0.850. The first-order valence-electron chi connectivity index (χ1n) is 6.24. The van der Waals surface area contributed by atoms with Crippen LogP contribution in [0.1, 0.15) is 40.0 Å². The standard InChI is InChI=1S/C12H25ClN2/c1-4-9(2)5-6-10(3)15-12-8-14-7-11(12)13/h9-12,14-15H,4-8H2,1-3H3. The summed E-state index contributed by atoms with van der Waals surface area (Å²) in [5.41, 5.74) is 0. The minimum Gasteiger partial charge on any atom is -0.314 e. The minimum absolute atomic E-state index is 0.260. The molecule has 4 unspecified atom stereocenters. The molecule has 1 heterocycles. The highest BCUT2D eigenvalue weighted by atomic mass is 35.5. The Hall–Kier alpha value is 0.210. The van der Waals surface area contributed by atoms with Crippen molar-refractivity contribution in [2.75, 3.05) is 13.1 Å². The van der Waals surface area contributed by atoms with E-state index in [1.165, 1.54) is 19.3 Å². The molecule has 1 saturated heterocycles. The maximum absolute atomic E-state index is 6.19. The Morgan fingerprint density at radius 1 is 1.33 bits per heavy atom. The molecule has 0 aromatic rings. The van der Waals surface area contributed by atoms with Gasteiger partial charge in [-0.15, -0.1) is 11.6 Å². The molecule has 2 N–H and O–H groups in total. The summed E-state index contributed by atoms with van der Waals surface area (Å²) in [7, 11) is 0. The normalized spacial score (nSPS) is 30.4. The highest BCUT2D eigenvalue weighted by molar-refractivity contribution is 6.21. The largest absolute Gasteiger partial charge is 0.314 e. The van der Waals surface area contributed by atoms with Crippen LogP contribution in [0.15, 0.2) is 0 Å². The summed E-state index contributed by atoms with van der Waals surface area (Å²) in [4.78, 5) is 0. The van der Waals surface area contributed by atoms with E-state index in [2.05, 4.69) is 31.4 Å². The van der Waals surface area contributed by atoms with Gasteiger partial charge in [0.05, 0.1) is 5.38 Å². The topological polar surface area (TPSA) is 24.1 Å². The van der Waals surface area contributed by atoms with Gasteiger partial charge in [0.2, 0.25) is 0 Å². The lowest BCUT2D eigenvalue weighted by Gasteiger charge is -2.22. The van der Waals surface area contributed by atoms with Crippen LogP contribution in [-0.4, -0.2) is 30.6 Å². The average Bonchev–Trinajstić information content (AvgIpc) is 2.61. The Kier molecular flexibility index (Phi) is 5.95. The van der Waals surface area contributed by atoms with E-state index in [1.807, 2.05) is 0 Å². The van der Waals surface area contributed by atoms with E-state index in [1.54, 1.807) is 0 Å². The van der Waals surface area contributed by atoms with Gasteiger partial charge in [0.25, 0.3) is 0 Å². The van der Waals surface area contributed by atoms with Gasteiger partial charge in [0, 0.05) is 25.2 Å². The molecule has 2 nitrogen and oxygen atoms in total. The molecular formula is C12H25ClN2. The van der Waals surface area contributed by atoms with Gasteiger partial charge in [0.15, 0.2) is 0 Å². The smallest absolute Gasteiger partial charge is 0.0626 e. The molecule has 0 radical (unpaired) electrons. The Bertz CT molecular complexity index is 175. The van der Waals surface area contributed by atoms with Gasteiger partial charge < -0.3 is 10.6 Å². The molecule has 0 aliphatic carbocycles. The van der Waals surface area contributed by atoms with Crippen LogP contribution >= 0.6 is 11.6 Å². The van der Waals surface area contributed by atoms with Gasteiger partial charge in [-0.25, -0.2) is 0 Å². The minimum atomic E-state index is 0.260. The molecule has 0 bridgehead atoms. The Morgan fingerprint density at radius 3 is 2.60 bits per heavy atom. The summed E-state index contributed by atoms with van der Waals surface area (Å²) >= 11 is 6.19. The van der Waals surface area contributed by atoms with Gasteiger partial charge in [0.1, 0.15) is 0 Å². The molecule has 1 rings (SSSR count). The fraction of sp³-hybridized carbons (Fsp3) is 1.00. The SMILES string of the molecule is CCC(C)CCC(C)NC1CNCC1Cl. The van der Waals surface area contributed by atoms with Crippen molar-refractivity contribution in [3.05, 3.63) is 0 Å². The van der Waals surface area contributed by atoms with Crippen LogP contribution in [0.5, 0.6) is 0 Å². The summed E-state index contributed by atoms with van der Waals surface area (Å²) in [6.07, 6.45) is 3.86. The average molecular weight is 233 g/mol. The molecule has 0 aromatic carbocycles. The highest BCUT2D eigenvalue weighted by Crippen LogP contribution is 2.13. The number of nitrogens with one attached hydrogen (secondary N) is 2. The number of hydrogen-bond donors (Lipinski definition) is 2. The quantitative estimate of drug-likeness (QED) is 0.688. The van der Waals surface area contributed by atoms with Crippen molar-refractivity contribution in [2.24, 2.45) is 5.92 Å². The predicted molar refractivity (Wildman–Crippen MR) is 67.6 cm³/mol. The number of halogens is 1. The summed E-state index contributed by atoms with van der Waals surface area (Å²) in [6.45, 7) is 8.82. The fourth-order valence-corrected chi connectivity index (χ4v) is 2.27. The molecule has 90 valence electrons. The zero-order valence-corrected chi connectivity index (χ0v) is 11.0. The molecule has 0 aromatic heterocycles. The summed E-state index contributed by atoms with van der Waals surface area (Å²) in [6, 6.07) is 1.05. The van der Waals surface area contributed by atoms with Crippen molar-refractivity contribution in [3.8, 4) is 0 Å². The predicted octanol–water partition coefficient (Wildman–Crippen LogP) is 2.37.